The smallest absolute Gasteiger partial charge is 0.242 e. The molecule has 2 fully saturated rings. The van der Waals surface area contributed by atoms with Gasteiger partial charge in [0.2, 0.25) is 5.91 Å². The highest BCUT2D eigenvalue weighted by atomic mass is 16.5. The fourth-order valence-electron chi connectivity index (χ4n) is 3.06. The van der Waals surface area contributed by atoms with E-state index in [1.807, 2.05) is 34.1 Å². The number of para-hydroxylation sites is 1. The first-order valence-corrected chi connectivity index (χ1v) is 8.62. The standard InChI is InChI=1S/C19H24N4O2/c1-3-12-25-17-7-5-4-6-15(17)13-21-19(20-2)22-10-11-23(16-8-9-16)18(24)14-22/h1,4-7,16H,8-14H2,2H3,(H,20,21). The number of terminal acetylenes is 1. The molecule has 2 aliphatic rings. The molecule has 1 amide bonds. The van der Waals surface area contributed by atoms with Crippen molar-refractivity contribution in [3.8, 4) is 18.1 Å². The van der Waals surface area contributed by atoms with Gasteiger partial charge in [-0.3, -0.25) is 9.79 Å². The number of piperazine rings is 1. The van der Waals surface area contributed by atoms with Crippen LogP contribution in [0.15, 0.2) is 29.3 Å². The Labute approximate surface area is 148 Å². The molecule has 6 heteroatoms. The minimum absolute atomic E-state index is 0.189. The molecule has 1 aromatic rings. The molecule has 0 bridgehead atoms. The Hall–Kier alpha value is -2.68. The monoisotopic (exact) mass is 340 g/mol. The van der Waals surface area contributed by atoms with E-state index in [9.17, 15) is 4.79 Å². The summed E-state index contributed by atoms with van der Waals surface area (Å²) >= 11 is 0. The molecule has 0 unspecified atom stereocenters. The van der Waals surface area contributed by atoms with Crippen LogP contribution in [0.2, 0.25) is 0 Å². The number of amides is 1. The third kappa shape index (κ3) is 4.24. The Bertz CT molecular complexity index is 691. The fraction of sp³-hybridized carbons (Fsp3) is 0.474. The maximum atomic E-state index is 12.3. The predicted molar refractivity (Wildman–Crippen MR) is 97.3 cm³/mol. The van der Waals surface area contributed by atoms with E-state index in [1.54, 1.807) is 7.05 Å². The van der Waals surface area contributed by atoms with Crippen molar-refractivity contribution in [2.45, 2.75) is 25.4 Å². The summed E-state index contributed by atoms with van der Waals surface area (Å²) in [6, 6.07) is 8.24. The first-order valence-electron chi connectivity index (χ1n) is 8.62. The highest BCUT2D eigenvalue weighted by Gasteiger charge is 2.36. The summed E-state index contributed by atoms with van der Waals surface area (Å²) < 4.78 is 5.57. The molecular formula is C19H24N4O2. The van der Waals surface area contributed by atoms with Gasteiger partial charge in [0, 0.05) is 38.3 Å². The van der Waals surface area contributed by atoms with Crippen molar-refractivity contribution in [2.24, 2.45) is 4.99 Å². The number of aliphatic imine (C=N–C) groups is 1. The molecule has 1 N–H and O–H groups in total. The molecule has 1 aromatic carbocycles. The summed E-state index contributed by atoms with van der Waals surface area (Å²) in [4.78, 5) is 20.7. The molecule has 0 radical (unpaired) electrons. The van der Waals surface area contributed by atoms with Gasteiger partial charge in [-0.2, -0.15) is 0 Å². The largest absolute Gasteiger partial charge is 0.481 e. The average Bonchev–Trinajstić information content (AvgIpc) is 3.46. The highest BCUT2D eigenvalue weighted by Crippen LogP contribution is 2.28. The van der Waals surface area contributed by atoms with E-state index in [1.165, 1.54) is 0 Å². The van der Waals surface area contributed by atoms with Crippen LogP contribution in [-0.4, -0.2) is 61.0 Å². The molecule has 3 rings (SSSR count). The summed E-state index contributed by atoms with van der Waals surface area (Å²) in [5.41, 5.74) is 1.00. The van der Waals surface area contributed by atoms with E-state index < -0.39 is 0 Å². The Morgan fingerprint density at radius 3 is 2.88 bits per heavy atom. The second-order valence-electron chi connectivity index (χ2n) is 6.24. The van der Waals surface area contributed by atoms with Crippen LogP contribution >= 0.6 is 0 Å². The van der Waals surface area contributed by atoms with E-state index >= 15 is 0 Å². The molecule has 0 aromatic heterocycles. The second kappa shape index (κ2) is 7.93. The molecular weight excluding hydrogens is 316 g/mol. The Morgan fingerprint density at radius 2 is 2.20 bits per heavy atom. The second-order valence-corrected chi connectivity index (χ2v) is 6.24. The third-order valence-corrected chi connectivity index (χ3v) is 4.48. The van der Waals surface area contributed by atoms with Gasteiger partial charge >= 0.3 is 0 Å². The number of nitrogens with one attached hydrogen (secondary N) is 1. The van der Waals surface area contributed by atoms with Gasteiger partial charge in [-0.25, -0.2) is 0 Å². The first-order chi connectivity index (χ1) is 12.2. The van der Waals surface area contributed by atoms with Crippen LogP contribution in [0.3, 0.4) is 0 Å². The van der Waals surface area contributed by atoms with E-state index in [0.717, 1.165) is 43.2 Å². The molecule has 25 heavy (non-hydrogen) atoms. The van der Waals surface area contributed by atoms with Gasteiger partial charge in [-0.05, 0) is 18.9 Å². The summed E-state index contributed by atoms with van der Waals surface area (Å²) in [7, 11) is 1.74. The molecule has 1 aliphatic heterocycles. The average molecular weight is 340 g/mol. The number of carbonyl (C=O) groups is 1. The van der Waals surface area contributed by atoms with Gasteiger partial charge in [0.05, 0.1) is 6.54 Å². The number of rotatable bonds is 5. The number of hydrogen-bond acceptors (Lipinski definition) is 3. The summed E-state index contributed by atoms with van der Waals surface area (Å²) in [6.07, 6.45) is 7.56. The topological polar surface area (TPSA) is 57.2 Å². The SMILES string of the molecule is C#CCOc1ccccc1CNC(=NC)N1CCN(C2CC2)C(=O)C1. The third-order valence-electron chi connectivity index (χ3n) is 4.48. The van der Waals surface area contributed by atoms with Crippen molar-refractivity contribution in [1.29, 1.82) is 0 Å². The van der Waals surface area contributed by atoms with Gasteiger partial charge in [-0.15, -0.1) is 6.42 Å². The first kappa shape index (κ1) is 17.2. The summed E-state index contributed by atoms with van der Waals surface area (Å²) in [5.74, 6) is 4.16. The molecule has 0 spiro atoms. The van der Waals surface area contributed by atoms with Gasteiger partial charge < -0.3 is 19.9 Å². The molecule has 6 nitrogen and oxygen atoms in total. The Morgan fingerprint density at radius 1 is 1.40 bits per heavy atom. The van der Waals surface area contributed by atoms with E-state index in [4.69, 9.17) is 11.2 Å². The van der Waals surface area contributed by atoms with Crippen LogP contribution in [0.4, 0.5) is 0 Å². The quantitative estimate of drug-likeness (QED) is 0.495. The van der Waals surface area contributed by atoms with E-state index in [-0.39, 0.29) is 12.5 Å². The van der Waals surface area contributed by atoms with E-state index in [2.05, 4.69) is 16.2 Å². The lowest BCUT2D eigenvalue weighted by Gasteiger charge is -2.36. The van der Waals surface area contributed by atoms with E-state index in [0.29, 0.717) is 19.1 Å². The zero-order valence-electron chi connectivity index (χ0n) is 14.6. The normalized spacial score (nSPS) is 18.1. The van der Waals surface area contributed by atoms with Crippen molar-refractivity contribution in [1.82, 2.24) is 15.1 Å². The Balaban J connectivity index is 1.58. The van der Waals surface area contributed by atoms with Crippen molar-refractivity contribution in [3.63, 3.8) is 0 Å². The molecule has 1 aliphatic carbocycles. The maximum absolute atomic E-state index is 12.3. The lowest BCUT2D eigenvalue weighted by atomic mass is 10.2. The molecule has 1 heterocycles. The molecule has 1 saturated heterocycles. The minimum atomic E-state index is 0.189. The fourth-order valence-corrected chi connectivity index (χ4v) is 3.06. The highest BCUT2D eigenvalue weighted by molar-refractivity contribution is 5.88. The molecule has 1 saturated carbocycles. The van der Waals surface area contributed by atoms with Crippen molar-refractivity contribution in [3.05, 3.63) is 29.8 Å². The summed E-state index contributed by atoms with van der Waals surface area (Å²) in [5, 5.41) is 3.33. The van der Waals surface area contributed by atoms with Crippen LogP contribution in [0.1, 0.15) is 18.4 Å². The number of guanidine groups is 1. The van der Waals surface area contributed by atoms with Crippen LogP contribution in [-0.2, 0) is 11.3 Å². The number of benzene rings is 1. The number of hydrogen-bond donors (Lipinski definition) is 1. The lowest BCUT2D eigenvalue weighted by Crippen LogP contribution is -2.55. The van der Waals surface area contributed by atoms with Gasteiger partial charge in [0.1, 0.15) is 12.4 Å². The number of ether oxygens (including phenoxy) is 1. The lowest BCUT2D eigenvalue weighted by molar-refractivity contribution is -0.135. The van der Waals surface area contributed by atoms with Crippen molar-refractivity contribution < 1.29 is 9.53 Å². The number of nitrogens with zero attached hydrogens (tertiary/aromatic N) is 3. The minimum Gasteiger partial charge on any atom is -0.481 e. The zero-order valence-corrected chi connectivity index (χ0v) is 14.6. The van der Waals surface area contributed by atoms with Gasteiger partial charge in [0.15, 0.2) is 5.96 Å². The predicted octanol–water partition coefficient (Wildman–Crippen LogP) is 1.08. The maximum Gasteiger partial charge on any atom is 0.242 e. The van der Waals surface area contributed by atoms with Gasteiger partial charge in [-0.1, -0.05) is 24.1 Å². The number of carbonyl (C=O) groups excluding carboxylic acids is 1. The zero-order chi connectivity index (χ0) is 17.6. The Kier molecular flexibility index (Phi) is 5.44. The molecule has 0 atom stereocenters. The van der Waals surface area contributed by atoms with Crippen LogP contribution in [0, 0.1) is 12.3 Å². The van der Waals surface area contributed by atoms with Crippen LogP contribution < -0.4 is 10.1 Å². The van der Waals surface area contributed by atoms with Gasteiger partial charge in [0.25, 0.3) is 0 Å². The molecule has 132 valence electrons. The van der Waals surface area contributed by atoms with Crippen molar-refractivity contribution in [2.75, 3.05) is 33.3 Å². The van der Waals surface area contributed by atoms with Crippen LogP contribution in [0.25, 0.3) is 0 Å². The van der Waals surface area contributed by atoms with Crippen LogP contribution in [0.5, 0.6) is 5.75 Å². The van der Waals surface area contributed by atoms with Crippen molar-refractivity contribution >= 4 is 11.9 Å². The summed E-state index contributed by atoms with van der Waals surface area (Å²) in [6.45, 7) is 2.75.